The quantitative estimate of drug-likeness (QED) is 0.0621. The molecule has 5 atom stereocenters. The van der Waals surface area contributed by atoms with Crippen LogP contribution >= 0.6 is 22.6 Å². The number of carbonyl (C=O) groups excluding carboxylic acids is 1. The highest BCUT2D eigenvalue weighted by Crippen LogP contribution is 2.45. The Morgan fingerprint density at radius 3 is 2.44 bits per heavy atom. The Labute approximate surface area is 213 Å². The molecule has 0 aromatic carbocycles. The van der Waals surface area contributed by atoms with Crippen molar-refractivity contribution in [3.8, 4) is 0 Å². The molecule has 0 saturated carbocycles. The van der Waals surface area contributed by atoms with Gasteiger partial charge in [-0.05, 0) is 52.9 Å². The van der Waals surface area contributed by atoms with E-state index in [4.69, 9.17) is 14.2 Å². The summed E-state index contributed by atoms with van der Waals surface area (Å²) in [6, 6.07) is 0. The lowest BCUT2D eigenvalue weighted by Crippen LogP contribution is -2.50. The van der Waals surface area contributed by atoms with E-state index in [1.165, 1.54) is 0 Å². The molecular formula is C22H34F3IO7S. The van der Waals surface area contributed by atoms with Crippen LogP contribution in [0, 0.1) is 11.3 Å². The van der Waals surface area contributed by atoms with Gasteiger partial charge in [-0.25, -0.2) is 0 Å². The Bertz CT molecular complexity index is 840. The first-order chi connectivity index (χ1) is 15.5. The summed E-state index contributed by atoms with van der Waals surface area (Å²) in [6.07, 6.45) is 3.27. The highest BCUT2D eigenvalue weighted by Gasteiger charge is 2.53. The summed E-state index contributed by atoms with van der Waals surface area (Å²) >= 11 is 2.25. The number of alkyl halides is 4. The Morgan fingerprint density at radius 2 is 1.88 bits per heavy atom. The van der Waals surface area contributed by atoms with Crippen LogP contribution in [0.5, 0.6) is 0 Å². The second-order valence-electron chi connectivity index (χ2n) is 10.1. The van der Waals surface area contributed by atoms with Crippen LogP contribution in [-0.2, 0) is 33.3 Å². The van der Waals surface area contributed by atoms with Gasteiger partial charge in [-0.2, -0.15) is 21.6 Å². The van der Waals surface area contributed by atoms with Gasteiger partial charge in [0, 0.05) is 16.8 Å². The zero-order chi connectivity index (χ0) is 25.9. The molecule has 0 spiro atoms. The molecule has 12 heteroatoms. The average molecular weight is 626 g/mol. The maximum atomic E-state index is 12.6. The Morgan fingerprint density at radius 1 is 1.24 bits per heavy atom. The number of fused-ring (bicyclic) bond motifs is 1. The number of allylic oxidation sites excluding steroid dienone is 1. The minimum atomic E-state index is -5.74. The summed E-state index contributed by atoms with van der Waals surface area (Å²) < 4.78 is 83.0. The zero-order valence-electron chi connectivity index (χ0n) is 20.0. The first kappa shape index (κ1) is 29.6. The van der Waals surface area contributed by atoms with Crippen molar-refractivity contribution in [2.75, 3.05) is 11.0 Å². The monoisotopic (exact) mass is 626 g/mol. The van der Waals surface area contributed by atoms with E-state index in [2.05, 4.69) is 33.4 Å². The summed E-state index contributed by atoms with van der Waals surface area (Å²) in [6.45, 7) is 10.7. The summed E-state index contributed by atoms with van der Waals surface area (Å²) in [7, 11) is -5.74. The number of esters is 1. The maximum Gasteiger partial charge on any atom is 0.534 e. The van der Waals surface area contributed by atoms with E-state index in [0.29, 0.717) is 30.3 Å². The Balaban J connectivity index is 1.88. The molecule has 198 valence electrons. The lowest BCUT2D eigenvalue weighted by atomic mass is 9.86. The van der Waals surface area contributed by atoms with Crippen LogP contribution in [0.1, 0.15) is 66.2 Å². The van der Waals surface area contributed by atoms with Crippen LogP contribution in [0.25, 0.3) is 0 Å². The van der Waals surface area contributed by atoms with Gasteiger partial charge >= 0.3 is 21.6 Å². The molecule has 3 unspecified atom stereocenters. The van der Waals surface area contributed by atoms with Crippen LogP contribution in [0.4, 0.5) is 13.2 Å². The molecule has 2 saturated heterocycles. The zero-order valence-corrected chi connectivity index (χ0v) is 22.9. The molecule has 2 aliphatic heterocycles. The molecule has 2 heterocycles. The third kappa shape index (κ3) is 7.45. The molecule has 2 aliphatic rings. The summed E-state index contributed by atoms with van der Waals surface area (Å²) in [5.41, 5.74) is -6.57. The maximum absolute atomic E-state index is 12.6. The molecule has 0 aromatic rings. The molecule has 0 aliphatic carbocycles. The fourth-order valence-electron chi connectivity index (χ4n) is 4.10. The van der Waals surface area contributed by atoms with E-state index in [0.717, 1.165) is 12.8 Å². The van der Waals surface area contributed by atoms with E-state index in [-0.39, 0.29) is 30.7 Å². The Hall–Kier alpha value is -0.600. The first-order valence-electron chi connectivity index (χ1n) is 11.3. The summed E-state index contributed by atoms with van der Waals surface area (Å²) in [5.74, 6) is -1.36. The molecule has 34 heavy (non-hydrogen) atoms. The van der Waals surface area contributed by atoms with Crippen molar-refractivity contribution < 1.29 is 44.8 Å². The van der Waals surface area contributed by atoms with Gasteiger partial charge in [-0.15, -0.1) is 0 Å². The normalized spacial score (nSPS) is 28.8. The van der Waals surface area contributed by atoms with Gasteiger partial charge in [-0.1, -0.05) is 36.1 Å². The molecular weight excluding hydrogens is 592 g/mol. The lowest BCUT2D eigenvalue weighted by molar-refractivity contribution is -0.156. The highest BCUT2D eigenvalue weighted by molar-refractivity contribution is 14.1. The van der Waals surface area contributed by atoms with Crippen LogP contribution in [0.15, 0.2) is 12.3 Å². The number of halogens is 4. The standard InChI is InChI=1S/C22H34F3IO7S/c1-14(15(2)33-34(28,29)22(23,24)25)11-16-8-9-18-21(13-26,32-16)12-17(31-18)7-6-10-30-19(27)20(3,4)5/h14,16-18H,2,6-13H2,1,3-5H3/t14-,16?,17?,18?,21-/m1/s1. The first-order valence-corrected chi connectivity index (χ1v) is 14.2. The van der Waals surface area contributed by atoms with Crippen molar-refractivity contribution in [1.82, 2.24) is 0 Å². The van der Waals surface area contributed by atoms with E-state index >= 15 is 0 Å². The van der Waals surface area contributed by atoms with Crippen LogP contribution in [-0.4, -0.2) is 54.8 Å². The third-order valence-corrected chi connectivity index (χ3v) is 8.37. The highest BCUT2D eigenvalue weighted by atomic mass is 127. The predicted molar refractivity (Wildman–Crippen MR) is 128 cm³/mol. The molecule has 0 aromatic heterocycles. The van der Waals surface area contributed by atoms with Gasteiger partial charge in [0.15, 0.2) is 0 Å². The Kier molecular flexibility index (Phi) is 9.76. The minimum Gasteiger partial charge on any atom is -0.465 e. The minimum absolute atomic E-state index is 0.0421. The van der Waals surface area contributed by atoms with Gasteiger partial charge < -0.3 is 18.4 Å². The van der Waals surface area contributed by atoms with Crippen molar-refractivity contribution in [1.29, 1.82) is 0 Å². The average Bonchev–Trinajstić information content (AvgIpc) is 3.07. The van der Waals surface area contributed by atoms with Gasteiger partial charge in [-0.3, -0.25) is 4.79 Å². The second kappa shape index (κ2) is 11.2. The van der Waals surface area contributed by atoms with Gasteiger partial charge in [0.2, 0.25) is 0 Å². The molecule has 0 radical (unpaired) electrons. The van der Waals surface area contributed by atoms with Crippen LogP contribution in [0.3, 0.4) is 0 Å². The fourth-order valence-corrected chi connectivity index (χ4v) is 5.62. The van der Waals surface area contributed by atoms with E-state index in [1.54, 1.807) is 27.7 Å². The van der Waals surface area contributed by atoms with Crippen LogP contribution < -0.4 is 0 Å². The summed E-state index contributed by atoms with van der Waals surface area (Å²) in [5, 5.41) is 0. The molecule has 2 rings (SSSR count). The van der Waals surface area contributed by atoms with Crippen molar-refractivity contribution in [2.45, 2.75) is 95.6 Å². The lowest BCUT2D eigenvalue weighted by Gasteiger charge is -2.41. The van der Waals surface area contributed by atoms with Crippen molar-refractivity contribution in [2.24, 2.45) is 11.3 Å². The molecule has 7 nitrogen and oxygen atoms in total. The number of ether oxygens (including phenoxy) is 3. The van der Waals surface area contributed by atoms with Gasteiger partial charge in [0.05, 0.1) is 30.3 Å². The second-order valence-corrected chi connectivity index (χ2v) is 12.4. The number of rotatable bonds is 10. The van der Waals surface area contributed by atoms with E-state index in [1.807, 2.05) is 0 Å². The van der Waals surface area contributed by atoms with Crippen molar-refractivity contribution in [3.05, 3.63) is 12.3 Å². The number of hydrogen-bond donors (Lipinski definition) is 0. The molecule has 0 N–H and O–H groups in total. The van der Waals surface area contributed by atoms with Crippen molar-refractivity contribution >= 4 is 38.7 Å². The van der Waals surface area contributed by atoms with Gasteiger partial charge in [0.1, 0.15) is 11.4 Å². The van der Waals surface area contributed by atoms with E-state index < -0.39 is 38.3 Å². The largest absolute Gasteiger partial charge is 0.534 e. The summed E-state index contributed by atoms with van der Waals surface area (Å²) in [4.78, 5) is 11.9. The van der Waals surface area contributed by atoms with E-state index in [9.17, 15) is 26.4 Å². The fraction of sp³-hybridized carbons (Fsp3) is 0.864. The smallest absolute Gasteiger partial charge is 0.465 e. The third-order valence-electron chi connectivity index (χ3n) is 6.08. The molecule has 0 amide bonds. The number of carbonyl (C=O) groups is 1. The molecule has 2 fully saturated rings. The van der Waals surface area contributed by atoms with Crippen molar-refractivity contribution in [3.63, 3.8) is 0 Å². The molecule has 0 bridgehead atoms. The van der Waals surface area contributed by atoms with Crippen LogP contribution in [0.2, 0.25) is 0 Å². The van der Waals surface area contributed by atoms with Gasteiger partial charge in [0.25, 0.3) is 0 Å². The topological polar surface area (TPSA) is 88.1 Å². The number of hydrogen-bond acceptors (Lipinski definition) is 7. The SMILES string of the molecule is C=C(OS(=O)(=O)C(F)(F)F)[C@H](C)CC1CCC2OC(CCCOC(=O)C(C)(C)C)C[C@]2(CI)O1. The predicted octanol–water partition coefficient (Wildman–Crippen LogP) is 5.27.